The Morgan fingerprint density at radius 1 is 1.17 bits per heavy atom. The molecule has 0 radical (unpaired) electrons. The van der Waals surface area contributed by atoms with Crippen LogP contribution in [0.1, 0.15) is 78.1 Å². The van der Waals surface area contributed by atoms with E-state index < -0.39 is 0 Å². The molecule has 0 saturated heterocycles. The van der Waals surface area contributed by atoms with Crippen molar-refractivity contribution in [3.8, 4) is 0 Å². The third kappa shape index (κ3) is 3.87. The minimum atomic E-state index is 0.808. The molecule has 0 heteroatoms. The van der Waals surface area contributed by atoms with Crippen molar-refractivity contribution in [2.45, 2.75) is 78.1 Å². The zero-order valence-electron chi connectivity index (χ0n) is 12.6. The van der Waals surface area contributed by atoms with Crippen molar-refractivity contribution in [2.24, 2.45) is 23.7 Å². The van der Waals surface area contributed by atoms with Gasteiger partial charge in [-0.05, 0) is 68.6 Å². The number of rotatable bonds is 8. The Morgan fingerprint density at radius 3 is 2.67 bits per heavy atom. The Hall–Kier alpha value is -0.260. The molecular formula is C18H32. The number of fused-ring (bicyclic) bond motifs is 1. The van der Waals surface area contributed by atoms with Crippen LogP contribution in [0.3, 0.4) is 0 Å². The highest BCUT2D eigenvalue weighted by Gasteiger charge is 2.41. The van der Waals surface area contributed by atoms with Crippen LogP contribution in [0.15, 0.2) is 12.2 Å². The quantitative estimate of drug-likeness (QED) is 0.464. The second-order valence-corrected chi connectivity index (χ2v) is 6.88. The Balaban J connectivity index is 1.66. The van der Waals surface area contributed by atoms with Gasteiger partial charge in [0, 0.05) is 0 Å². The van der Waals surface area contributed by atoms with E-state index in [-0.39, 0.29) is 0 Å². The largest absolute Gasteiger partial charge is 0.0996 e. The summed E-state index contributed by atoms with van der Waals surface area (Å²) in [6, 6.07) is 0. The van der Waals surface area contributed by atoms with Crippen LogP contribution in [0.5, 0.6) is 0 Å². The molecule has 2 fully saturated rings. The summed E-state index contributed by atoms with van der Waals surface area (Å²) in [5.41, 5.74) is 1.56. The highest BCUT2D eigenvalue weighted by atomic mass is 14.5. The molecule has 0 bridgehead atoms. The topological polar surface area (TPSA) is 0 Å². The van der Waals surface area contributed by atoms with Gasteiger partial charge >= 0.3 is 0 Å². The molecule has 2 saturated carbocycles. The lowest BCUT2D eigenvalue weighted by Gasteiger charge is -2.23. The van der Waals surface area contributed by atoms with Gasteiger partial charge < -0.3 is 0 Å². The molecule has 2 aliphatic carbocycles. The maximum atomic E-state index is 4.39. The van der Waals surface area contributed by atoms with Crippen LogP contribution >= 0.6 is 0 Å². The fourth-order valence-corrected chi connectivity index (χ4v) is 3.95. The SMILES string of the molecule is C=C(CCC1CCC2CC2C1)C(CC)CCCC. The molecule has 18 heavy (non-hydrogen) atoms. The number of unbranched alkanes of at least 4 members (excludes halogenated alkanes) is 1. The summed E-state index contributed by atoms with van der Waals surface area (Å²) in [6.07, 6.45) is 14.3. The molecule has 2 aliphatic rings. The summed E-state index contributed by atoms with van der Waals surface area (Å²) in [4.78, 5) is 0. The Kier molecular flexibility index (Phi) is 5.33. The summed E-state index contributed by atoms with van der Waals surface area (Å²) in [7, 11) is 0. The normalized spacial score (nSPS) is 31.8. The molecule has 0 aromatic heterocycles. The van der Waals surface area contributed by atoms with E-state index in [4.69, 9.17) is 0 Å². The highest BCUT2D eigenvalue weighted by Crippen LogP contribution is 2.52. The van der Waals surface area contributed by atoms with Crippen molar-refractivity contribution < 1.29 is 0 Å². The van der Waals surface area contributed by atoms with Crippen molar-refractivity contribution >= 4 is 0 Å². The molecule has 0 aromatic rings. The summed E-state index contributed by atoms with van der Waals surface area (Å²) < 4.78 is 0. The van der Waals surface area contributed by atoms with Crippen LogP contribution < -0.4 is 0 Å². The van der Waals surface area contributed by atoms with E-state index in [1.807, 2.05) is 0 Å². The average molecular weight is 248 g/mol. The highest BCUT2D eigenvalue weighted by molar-refractivity contribution is 5.01. The Bertz CT molecular complexity index is 265. The number of hydrogen-bond acceptors (Lipinski definition) is 0. The second kappa shape index (κ2) is 6.78. The molecular weight excluding hydrogens is 216 g/mol. The van der Waals surface area contributed by atoms with Crippen LogP contribution in [0.25, 0.3) is 0 Å². The van der Waals surface area contributed by atoms with Crippen LogP contribution in [0, 0.1) is 23.7 Å². The average Bonchev–Trinajstić information content (AvgIpc) is 3.15. The summed E-state index contributed by atoms with van der Waals surface area (Å²) in [5.74, 6) is 4.13. The molecule has 0 aromatic carbocycles. The van der Waals surface area contributed by atoms with Crippen molar-refractivity contribution in [1.29, 1.82) is 0 Å². The van der Waals surface area contributed by atoms with Gasteiger partial charge in [-0.25, -0.2) is 0 Å². The first-order valence-corrected chi connectivity index (χ1v) is 8.42. The fraction of sp³-hybridized carbons (Fsp3) is 0.889. The molecule has 0 spiro atoms. The molecule has 0 nitrogen and oxygen atoms in total. The van der Waals surface area contributed by atoms with Gasteiger partial charge in [-0.15, -0.1) is 0 Å². The van der Waals surface area contributed by atoms with E-state index >= 15 is 0 Å². The standard InChI is InChI=1S/C18H32/c1-4-6-7-16(5-2)14(3)8-9-15-10-11-17-13-18(17)12-15/h15-18H,3-13H2,1-2H3. The zero-order chi connectivity index (χ0) is 13.0. The van der Waals surface area contributed by atoms with Gasteiger partial charge in [-0.1, -0.05) is 45.3 Å². The van der Waals surface area contributed by atoms with E-state index in [2.05, 4.69) is 20.4 Å². The molecule has 4 unspecified atom stereocenters. The third-order valence-corrected chi connectivity index (χ3v) is 5.50. The molecule has 0 N–H and O–H groups in total. The lowest BCUT2D eigenvalue weighted by atomic mass is 9.82. The molecule has 104 valence electrons. The smallest absolute Gasteiger partial charge is 0.0209 e. The van der Waals surface area contributed by atoms with Crippen molar-refractivity contribution in [3.63, 3.8) is 0 Å². The third-order valence-electron chi connectivity index (χ3n) is 5.50. The number of allylic oxidation sites excluding steroid dienone is 1. The summed E-state index contributed by atoms with van der Waals surface area (Å²) >= 11 is 0. The van der Waals surface area contributed by atoms with E-state index in [1.54, 1.807) is 18.4 Å². The van der Waals surface area contributed by atoms with Crippen LogP contribution in [0.4, 0.5) is 0 Å². The second-order valence-electron chi connectivity index (χ2n) is 6.88. The zero-order valence-corrected chi connectivity index (χ0v) is 12.6. The first-order valence-electron chi connectivity index (χ1n) is 8.42. The Labute approximate surface area is 114 Å². The minimum Gasteiger partial charge on any atom is -0.0996 e. The van der Waals surface area contributed by atoms with E-state index in [9.17, 15) is 0 Å². The lowest BCUT2D eigenvalue weighted by Crippen LogP contribution is -2.10. The lowest BCUT2D eigenvalue weighted by molar-refractivity contribution is 0.321. The number of hydrogen-bond donors (Lipinski definition) is 0. The minimum absolute atomic E-state index is 0.808. The predicted molar refractivity (Wildman–Crippen MR) is 80.6 cm³/mol. The van der Waals surface area contributed by atoms with Crippen LogP contribution in [0.2, 0.25) is 0 Å². The van der Waals surface area contributed by atoms with E-state index in [0.29, 0.717) is 0 Å². The fourth-order valence-electron chi connectivity index (χ4n) is 3.95. The summed E-state index contributed by atoms with van der Waals surface area (Å²) in [6.45, 7) is 9.02. The van der Waals surface area contributed by atoms with E-state index in [1.165, 1.54) is 51.4 Å². The monoisotopic (exact) mass is 248 g/mol. The van der Waals surface area contributed by atoms with Crippen molar-refractivity contribution in [3.05, 3.63) is 12.2 Å². The molecule has 0 aliphatic heterocycles. The molecule has 0 heterocycles. The van der Waals surface area contributed by atoms with Gasteiger partial charge in [-0.3, -0.25) is 0 Å². The van der Waals surface area contributed by atoms with Gasteiger partial charge in [-0.2, -0.15) is 0 Å². The molecule has 4 atom stereocenters. The van der Waals surface area contributed by atoms with Gasteiger partial charge in [0.15, 0.2) is 0 Å². The summed E-state index contributed by atoms with van der Waals surface area (Å²) in [5, 5.41) is 0. The maximum absolute atomic E-state index is 4.39. The maximum Gasteiger partial charge on any atom is -0.0209 e. The first-order chi connectivity index (χ1) is 8.74. The molecule has 0 amide bonds. The van der Waals surface area contributed by atoms with Crippen molar-refractivity contribution in [2.75, 3.05) is 0 Å². The van der Waals surface area contributed by atoms with Crippen LogP contribution in [-0.2, 0) is 0 Å². The van der Waals surface area contributed by atoms with Crippen molar-refractivity contribution in [1.82, 2.24) is 0 Å². The molecule has 2 rings (SSSR count). The predicted octanol–water partition coefficient (Wildman–Crippen LogP) is 5.98. The van der Waals surface area contributed by atoms with Gasteiger partial charge in [0.2, 0.25) is 0 Å². The van der Waals surface area contributed by atoms with E-state index in [0.717, 1.165) is 23.7 Å². The van der Waals surface area contributed by atoms with Gasteiger partial charge in [0.05, 0.1) is 0 Å². The van der Waals surface area contributed by atoms with Gasteiger partial charge in [0.1, 0.15) is 0 Å². The van der Waals surface area contributed by atoms with Gasteiger partial charge in [0.25, 0.3) is 0 Å². The van der Waals surface area contributed by atoms with Crippen LogP contribution in [-0.4, -0.2) is 0 Å². The first kappa shape index (κ1) is 14.2. The Morgan fingerprint density at radius 2 is 2.00 bits per heavy atom.